The quantitative estimate of drug-likeness (QED) is 0.540. The summed E-state index contributed by atoms with van der Waals surface area (Å²) in [5.74, 6) is 0.917. The summed E-state index contributed by atoms with van der Waals surface area (Å²) in [6.07, 6.45) is 4.61. The molecule has 0 atom stereocenters. The van der Waals surface area contributed by atoms with Gasteiger partial charge in [0, 0.05) is 24.0 Å². The van der Waals surface area contributed by atoms with Crippen molar-refractivity contribution in [2.75, 3.05) is 0 Å². The zero-order valence-electron chi connectivity index (χ0n) is 15.7. The van der Waals surface area contributed by atoms with Crippen LogP contribution in [0.4, 0.5) is 0 Å². The topological polar surface area (TPSA) is 136 Å². The molecule has 9 nitrogen and oxygen atoms in total. The molecule has 0 spiro atoms. The van der Waals surface area contributed by atoms with Crippen molar-refractivity contribution in [3.05, 3.63) is 54.0 Å². The van der Waals surface area contributed by atoms with E-state index in [4.69, 9.17) is 10.5 Å². The number of benzene rings is 1. The molecule has 0 aliphatic heterocycles. The standard InChI is InChI=1S/C20H17N7O2/c1-11(2)29-13-3-4-16-14(7-13)18(26-25-16)20-23-6-5-17(24-20)27-9-12(8-21)15(10-27)19(22)28/h3-7,9-11H,1-2H3,(H2,22,28)(H,25,26). The Balaban J connectivity index is 1.78. The highest BCUT2D eigenvalue weighted by atomic mass is 16.5. The molecule has 3 heterocycles. The number of nitriles is 1. The molecular weight excluding hydrogens is 370 g/mol. The summed E-state index contributed by atoms with van der Waals surface area (Å²) in [5, 5.41) is 17.3. The number of aromatic amines is 1. The van der Waals surface area contributed by atoms with Crippen molar-refractivity contribution in [3.8, 4) is 29.2 Å². The fourth-order valence-corrected chi connectivity index (χ4v) is 2.99. The largest absolute Gasteiger partial charge is 0.491 e. The van der Waals surface area contributed by atoms with E-state index in [1.807, 2.05) is 38.1 Å². The number of amides is 1. The molecule has 0 saturated heterocycles. The molecule has 29 heavy (non-hydrogen) atoms. The molecule has 3 N–H and O–H groups in total. The van der Waals surface area contributed by atoms with Gasteiger partial charge in [-0.1, -0.05) is 0 Å². The number of nitrogens with one attached hydrogen (secondary N) is 1. The predicted octanol–water partition coefficient (Wildman–Crippen LogP) is 2.57. The smallest absolute Gasteiger partial charge is 0.251 e. The van der Waals surface area contributed by atoms with Crippen molar-refractivity contribution in [2.24, 2.45) is 5.73 Å². The number of rotatable bonds is 5. The van der Waals surface area contributed by atoms with Crippen LogP contribution in [0.5, 0.6) is 5.75 Å². The predicted molar refractivity (Wildman–Crippen MR) is 105 cm³/mol. The number of primary amides is 1. The van der Waals surface area contributed by atoms with Crippen molar-refractivity contribution >= 4 is 16.8 Å². The van der Waals surface area contributed by atoms with Crippen LogP contribution in [0.2, 0.25) is 0 Å². The molecule has 0 unspecified atom stereocenters. The van der Waals surface area contributed by atoms with Gasteiger partial charge in [-0.2, -0.15) is 10.4 Å². The van der Waals surface area contributed by atoms with E-state index in [2.05, 4.69) is 20.2 Å². The molecule has 144 valence electrons. The summed E-state index contributed by atoms with van der Waals surface area (Å²) < 4.78 is 7.33. The Labute approximate surface area is 165 Å². The maximum atomic E-state index is 11.5. The van der Waals surface area contributed by atoms with Crippen LogP contribution in [0.25, 0.3) is 28.2 Å². The molecule has 1 aromatic carbocycles. The summed E-state index contributed by atoms with van der Waals surface area (Å²) in [6, 6.07) is 9.27. The lowest BCUT2D eigenvalue weighted by Gasteiger charge is -2.09. The number of hydrogen-bond donors (Lipinski definition) is 2. The van der Waals surface area contributed by atoms with Crippen LogP contribution in [0.3, 0.4) is 0 Å². The van der Waals surface area contributed by atoms with Gasteiger partial charge in [0.25, 0.3) is 5.91 Å². The van der Waals surface area contributed by atoms with Crippen LogP contribution in [-0.2, 0) is 0 Å². The minimum absolute atomic E-state index is 0.0462. The molecule has 0 radical (unpaired) electrons. The number of nitrogens with two attached hydrogens (primary N) is 1. The summed E-state index contributed by atoms with van der Waals surface area (Å²) in [5.41, 5.74) is 7.05. The van der Waals surface area contributed by atoms with Gasteiger partial charge in [-0.05, 0) is 38.1 Å². The summed E-state index contributed by atoms with van der Waals surface area (Å²) >= 11 is 0. The number of H-pyrrole nitrogens is 1. The normalized spacial score (nSPS) is 11.0. The van der Waals surface area contributed by atoms with Gasteiger partial charge in [0.2, 0.25) is 0 Å². The van der Waals surface area contributed by atoms with Gasteiger partial charge < -0.3 is 15.0 Å². The fourth-order valence-electron chi connectivity index (χ4n) is 2.99. The molecule has 0 aliphatic rings. The Hall–Kier alpha value is -4.19. The van der Waals surface area contributed by atoms with Gasteiger partial charge in [-0.15, -0.1) is 0 Å². The highest BCUT2D eigenvalue weighted by molar-refractivity contribution is 5.95. The van der Waals surface area contributed by atoms with Crippen molar-refractivity contribution in [1.29, 1.82) is 5.26 Å². The number of aromatic nitrogens is 5. The first kappa shape index (κ1) is 18.2. The number of nitrogens with zero attached hydrogens (tertiary/aromatic N) is 5. The monoisotopic (exact) mass is 387 g/mol. The Morgan fingerprint density at radius 2 is 2.14 bits per heavy atom. The number of ether oxygens (including phenoxy) is 1. The van der Waals surface area contributed by atoms with E-state index < -0.39 is 5.91 Å². The number of hydrogen-bond acceptors (Lipinski definition) is 6. The van der Waals surface area contributed by atoms with Gasteiger partial charge in [-0.3, -0.25) is 9.89 Å². The molecular formula is C20H17N7O2. The van der Waals surface area contributed by atoms with Gasteiger partial charge in [0.1, 0.15) is 23.3 Å². The van der Waals surface area contributed by atoms with Crippen molar-refractivity contribution in [2.45, 2.75) is 20.0 Å². The molecule has 9 heteroatoms. The second-order valence-corrected chi connectivity index (χ2v) is 6.65. The van der Waals surface area contributed by atoms with Crippen LogP contribution < -0.4 is 10.5 Å². The third-order valence-electron chi connectivity index (χ3n) is 4.24. The molecule has 0 aliphatic carbocycles. The summed E-state index contributed by atoms with van der Waals surface area (Å²) in [6.45, 7) is 3.92. The van der Waals surface area contributed by atoms with E-state index in [9.17, 15) is 10.1 Å². The van der Waals surface area contributed by atoms with Crippen LogP contribution >= 0.6 is 0 Å². The average molecular weight is 387 g/mol. The zero-order valence-corrected chi connectivity index (χ0v) is 15.7. The minimum atomic E-state index is -0.675. The fraction of sp³-hybridized carbons (Fsp3) is 0.150. The van der Waals surface area contributed by atoms with Crippen LogP contribution in [0.1, 0.15) is 29.8 Å². The van der Waals surface area contributed by atoms with E-state index in [1.54, 1.807) is 16.8 Å². The molecule has 4 aromatic rings. The lowest BCUT2D eigenvalue weighted by atomic mass is 10.2. The Morgan fingerprint density at radius 1 is 1.31 bits per heavy atom. The van der Waals surface area contributed by atoms with E-state index in [-0.39, 0.29) is 17.2 Å². The van der Waals surface area contributed by atoms with Crippen LogP contribution in [0.15, 0.2) is 42.9 Å². The maximum absolute atomic E-state index is 11.5. The number of carbonyl (C=O) groups excluding carboxylic acids is 1. The first-order valence-corrected chi connectivity index (χ1v) is 8.86. The highest BCUT2D eigenvalue weighted by Gasteiger charge is 2.16. The molecule has 0 fully saturated rings. The third kappa shape index (κ3) is 3.39. The van der Waals surface area contributed by atoms with E-state index >= 15 is 0 Å². The van der Waals surface area contributed by atoms with E-state index in [0.29, 0.717) is 17.3 Å². The summed E-state index contributed by atoms with van der Waals surface area (Å²) in [7, 11) is 0. The summed E-state index contributed by atoms with van der Waals surface area (Å²) in [4.78, 5) is 20.4. The van der Waals surface area contributed by atoms with Crippen LogP contribution in [0, 0.1) is 11.3 Å². The number of carbonyl (C=O) groups is 1. The van der Waals surface area contributed by atoms with Gasteiger partial charge in [-0.25, -0.2) is 9.97 Å². The van der Waals surface area contributed by atoms with Gasteiger partial charge >= 0.3 is 0 Å². The minimum Gasteiger partial charge on any atom is -0.491 e. The second-order valence-electron chi connectivity index (χ2n) is 6.65. The van der Waals surface area contributed by atoms with Crippen molar-refractivity contribution in [1.82, 2.24) is 24.7 Å². The maximum Gasteiger partial charge on any atom is 0.251 e. The lowest BCUT2D eigenvalue weighted by Crippen LogP contribution is -2.11. The average Bonchev–Trinajstić information content (AvgIpc) is 3.32. The van der Waals surface area contributed by atoms with Gasteiger partial charge in [0.05, 0.1) is 22.7 Å². The second kappa shape index (κ2) is 7.09. The van der Waals surface area contributed by atoms with Crippen molar-refractivity contribution in [3.63, 3.8) is 0 Å². The zero-order chi connectivity index (χ0) is 20.5. The first-order valence-electron chi connectivity index (χ1n) is 8.86. The van der Waals surface area contributed by atoms with Crippen LogP contribution in [-0.4, -0.2) is 36.7 Å². The molecule has 3 aromatic heterocycles. The lowest BCUT2D eigenvalue weighted by molar-refractivity contribution is 0.1000. The molecule has 4 rings (SSSR count). The highest BCUT2D eigenvalue weighted by Crippen LogP contribution is 2.28. The van der Waals surface area contributed by atoms with Gasteiger partial charge in [0.15, 0.2) is 5.82 Å². The molecule has 0 bridgehead atoms. The molecule has 0 saturated carbocycles. The Bertz CT molecular complexity index is 1260. The molecule has 1 amide bonds. The van der Waals surface area contributed by atoms with Crippen molar-refractivity contribution < 1.29 is 9.53 Å². The SMILES string of the molecule is CC(C)Oc1ccc2[nH]nc(-c3nccc(-n4cc(C#N)c(C(N)=O)c4)n3)c2c1. The third-order valence-corrected chi connectivity index (χ3v) is 4.24. The van der Waals surface area contributed by atoms with E-state index in [0.717, 1.165) is 16.7 Å². The first-order chi connectivity index (χ1) is 14.0. The van der Waals surface area contributed by atoms with E-state index in [1.165, 1.54) is 12.4 Å². The Kier molecular flexibility index (Phi) is 4.44. The Morgan fingerprint density at radius 3 is 2.83 bits per heavy atom. The number of fused-ring (bicyclic) bond motifs is 1.